The van der Waals surface area contributed by atoms with Crippen molar-refractivity contribution in [1.29, 1.82) is 0 Å². The van der Waals surface area contributed by atoms with Gasteiger partial charge in [-0.3, -0.25) is 4.79 Å². The van der Waals surface area contributed by atoms with E-state index in [0.717, 1.165) is 12.1 Å². The minimum atomic E-state index is -1.39. The highest BCUT2D eigenvalue weighted by Gasteiger charge is 2.19. The Hall–Kier alpha value is -2.40. The molecule has 0 aromatic heterocycles. The summed E-state index contributed by atoms with van der Waals surface area (Å²) in [5, 5.41) is 11.2. The Labute approximate surface area is 156 Å². The van der Waals surface area contributed by atoms with Gasteiger partial charge in [0.15, 0.2) is 0 Å². The molecule has 2 N–H and O–H groups in total. The van der Waals surface area contributed by atoms with E-state index in [-0.39, 0.29) is 5.56 Å². The van der Waals surface area contributed by atoms with Gasteiger partial charge >= 0.3 is 5.97 Å². The minimum absolute atomic E-state index is 0.0966. The number of benzene rings is 2. The number of rotatable bonds is 4. The predicted octanol–water partition coefficient (Wildman–Crippen LogP) is 5.48. The first-order chi connectivity index (χ1) is 12.5. The van der Waals surface area contributed by atoms with Gasteiger partial charge in [-0.2, -0.15) is 0 Å². The highest BCUT2D eigenvalue weighted by Crippen LogP contribution is 2.33. The van der Waals surface area contributed by atoms with Gasteiger partial charge in [0, 0.05) is 11.3 Å². The molecule has 1 saturated carbocycles. The number of carboxylic acid groups (broad SMARTS) is 1. The molecule has 0 unspecified atom stereocenters. The number of aromatic carboxylic acids is 1. The molecule has 1 amide bonds. The Morgan fingerprint density at radius 3 is 2.35 bits per heavy atom. The SMILES string of the molecule is O=C(Nc1ccc(C2CCCCC2)cc1)c1cc(F)c(Cl)c(C(=O)O)c1. The van der Waals surface area contributed by atoms with Crippen molar-refractivity contribution in [2.45, 2.75) is 38.0 Å². The van der Waals surface area contributed by atoms with Gasteiger partial charge in [-0.1, -0.05) is 43.0 Å². The molecule has 0 radical (unpaired) electrons. The molecule has 3 rings (SSSR count). The number of anilines is 1. The van der Waals surface area contributed by atoms with Crippen molar-refractivity contribution in [2.75, 3.05) is 5.32 Å². The Morgan fingerprint density at radius 1 is 1.08 bits per heavy atom. The Morgan fingerprint density at radius 2 is 1.73 bits per heavy atom. The van der Waals surface area contributed by atoms with Crippen LogP contribution in [0, 0.1) is 5.82 Å². The van der Waals surface area contributed by atoms with Gasteiger partial charge in [-0.25, -0.2) is 9.18 Å². The van der Waals surface area contributed by atoms with Gasteiger partial charge in [0.05, 0.1) is 10.6 Å². The van der Waals surface area contributed by atoms with E-state index in [4.69, 9.17) is 16.7 Å². The summed E-state index contributed by atoms with van der Waals surface area (Å²) >= 11 is 5.63. The van der Waals surface area contributed by atoms with Gasteiger partial charge in [0.2, 0.25) is 0 Å². The number of carbonyl (C=O) groups excluding carboxylic acids is 1. The van der Waals surface area contributed by atoms with Gasteiger partial charge < -0.3 is 10.4 Å². The number of carbonyl (C=O) groups is 2. The quantitative estimate of drug-likeness (QED) is 0.743. The number of amides is 1. The van der Waals surface area contributed by atoms with Crippen molar-refractivity contribution in [3.63, 3.8) is 0 Å². The number of halogens is 2. The molecule has 2 aromatic rings. The summed E-state index contributed by atoms with van der Waals surface area (Å²) in [7, 11) is 0. The molecule has 1 aliphatic rings. The molecule has 0 bridgehead atoms. The lowest BCUT2D eigenvalue weighted by molar-refractivity contribution is 0.0696. The maximum Gasteiger partial charge on any atom is 0.337 e. The topological polar surface area (TPSA) is 66.4 Å². The summed E-state index contributed by atoms with van der Waals surface area (Å²) in [4.78, 5) is 23.4. The van der Waals surface area contributed by atoms with E-state index in [1.54, 1.807) is 0 Å². The third-order valence-electron chi connectivity index (χ3n) is 4.77. The molecule has 0 aliphatic heterocycles. The molecule has 4 nitrogen and oxygen atoms in total. The van der Waals surface area contributed by atoms with E-state index in [1.807, 2.05) is 24.3 Å². The van der Waals surface area contributed by atoms with Gasteiger partial charge in [-0.15, -0.1) is 0 Å². The molecule has 6 heteroatoms. The highest BCUT2D eigenvalue weighted by atomic mass is 35.5. The van der Waals surface area contributed by atoms with Crippen LogP contribution in [0.25, 0.3) is 0 Å². The zero-order valence-electron chi connectivity index (χ0n) is 14.1. The molecule has 136 valence electrons. The number of hydrogen-bond acceptors (Lipinski definition) is 2. The molecular formula is C20H19ClFNO3. The van der Waals surface area contributed by atoms with Crippen LogP contribution in [0.3, 0.4) is 0 Å². The minimum Gasteiger partial charge on any atom is -0.478 e. The first kappa shape index (κ1) is 18.4. The first-order valence-corrected chi connectivity index (χ1v) is 8.97. The zero-order valence-corrected chi connectivity index (χ0v) is 14.9. The molecule has 2 aromatic carbocycles. The largest absolute Gasteiger partial charge is 0.478 e. The second-order valence-corrected chi connectivity index (χ2v) is 6.91. The lowest BCUT2D eigenvalue weighted by atomic mass is 9.84. The third kappa shape index (κ3) is 4.05. The van der Waals surface area contributed by atoms with E-state index in [2.05, 4.69) is 5.32 Å². The van der Waals surface area contributed by atoms with Crippen LogP contribution in [0.1, 0.15) is 64.3 Å². The van der Waals surface area contributed by atoms with Crippen LogP contribution >= 0.6 is 11.6 Å². The summed E-state index contributed by atoms with van der Waals surface area (Å²) in [5.41, 5.74) is 1.29. The van der Waals surface area contributed by atoms with E-state index in [1.165, 1.54) is 37.7 Å². The average molecular weight is 376 g/mol. The van der Waals surface area contributed by atoms with Crippen LogP contribution in [-0.2, 0) is 0 Å². The summed E-state index contributed by atoms with van der Waals surface area (Å²) in [6.07, 6.45) is 6.16. The summed E-state index contributed by atoms with van der Waals surface area (Å²) in [6, 6.07) is 9.62. The second kappa shape index (κ2) is 7.87. The summed E-state index contributed by atoms with van der Waals surface area (Å²) in [6.45, 7) is 0. The normalized spacial score (nSPS) is 14.8. The fraction of sp³-hybridized carbons (Fsp3) is 0.300. The van der Waals surface area contributed by atoms with Crippen LogP contribution in [-0.4, -0.2) is 17.0 Å². The lowest BCUT2D eigenvalue weighted by Crippen LogP contribution is -2.14. The van der Waals surface area contributed by atoms with E-state index in [0.29, 0.717) is 11.6 Å². The summed E-state index contributed by atoms with van der Waals surface area (Å²) < 4.78 is 13.8. The number of nitrogens with one attached hydrogen (secondary N) is 1. The van der Waals surface area contributed by atoms with Gasteiger partial charge in [0.25, 0.3) is 5.91 Å². The molecular weight excluding hydrogens is 357 g/mol. The van der Waals surface area contributed by atoms with E-state index < -0.39 is 28.3 Å². The van der Waals surface area contributed by atoms with Crippen molar-refractivity contribution in [3.05, 3.63) is 63.9 Å². The van der Waals surface area contributed by atoms with Gasteiger partial charge in [0.1, 0.15) is 5.82 Å². The second-order valence-electron chi connectivity index (χ2n) is 6.54. The molecule has 0 spiro atoms. The van der Waals surface area contributed by atoms with Crippen molar-refractivity contribution in [2.24, 2.45) is 0 Å². The predicted molar refractivity (Wildman–Crippen MR) is 98.6 cm³/mol. The zero-order chi connectivity index (χ0) is 18.7. The summed E-state index contributed by atoms with van der Waals surface area (Å²) in [5.74, 6) is -2.35. The molecule has 1 aliphatic carbocycles. The van der Waals surface area contributed by atoms with Crippen molar-refractivity contribution >= 4 is 29.2 Å². The molecule has 0 atom stereocenters. The molecule has 26 heavy (non-hydrogen) atoms. The van der Waals surface area contributed by atoms with Crippen LogP contribution in [0.5, 0.6) is 0 Å². The maximum absolute atomic E-state index is 13.8. The maximum atomic E-state index is 13.8. The highest BCUT2D eigenvalue weighted by molar-refractivity contribution is 6.33. The standard InChI is InChI=1S/C20H19ClFNO3/c21-18-16(20(25)26)10-14(11-17(18)22)19(24)23-15-8-6-13(7-9-15)12-4-2-1-3-5-12/h6-12H,1-5H2,(H,23,24)(H,25,26). The van der Waals surface area contributed by atoms with Crippen molar-refractivity contribution in [3.8, 4) is 0 Å². The lowest BCUT2D eigenvalue weighted by Gasteiger charge is -2.22. The first-order valence-electron chi connectivity index (χ1n) is 8.59. The number of carboxylic acids is 1. The smallest absolute Gasteiger partial charge is 0.337 e. The number of hydrogen-bond donors (Lipinski definition) is 2. The van der Waals surface area contributed by atoms with Gasteiger partial charge in [-0.05, 0) is 48.6 Å². The molecule has 0 heterocycles. The van der Waals surface area contributed by atoms with E-state index >= 15 is 0 Å². The van der Waals surface area contributed by atoms with Crippen LogP contribution in [0.4, 0.5) is 10.1 Å². The van der Waals surface area contributed by atoms with Crippen LogP contribution in [0.15, 0.2) is 36.4 Å². The Bertz CT molecular complexity index is 830. The fourth-order valence-corrected chi connectivity index (χ4v) is 3.54. The Kier molecular flexibility index (Phi) is 5.57. The third-order valence-corrected chi connectivity index (χ3v) is 5.15. The molecule has 1 fully saturated rings. The monoisotopic (exact) mass is 375 g/mol. The molecule has 0 saturated heterocycles. The average Bonchev–Trinajstić information content (AvgIpc) is 2.65. The van der Waals surface area contributed by atoms with Crippen LogP contribution in [0.2, 0.25) is 5.02 Å². The van der Waals surface area contributed by atoms with E-state index in [9.17, 15) is 14.0 Å². The van der Waals surface area contributed by atoms with Crippen molar-refractivity contribution in [1.82, 2.24) is 0 Å². The van der Waals surface area contributed by atoms with Crippen molar-refractivity contribution < 1.29 is 19.1 Å². The van der Waals surface area contributed by atoms with Crippen LogP contribution < -0.4 is 5.32 Å². The Balaban J connectivity index is 1.74. The fourth-order valence-electron chi connectivity index (χ4n) is 3.35.